The second-order valence-corrected chi connectivity index (χ2v) is 8.51. The molecule has 0 saturated carbocycles. The van der Waals surface area contributed by atoms with Gasteiger partial charge in [0, 0.05) is 38.6 Å². The second-order valence-electron chi connectivity index (χ2n) is 8.51. The van der Waals surface area contributed by atoms with Gasteiger partial charge in [0.2, 0.25) is 5.72 Å². The number of carbonyl (C=O) groups excluding carboxylic acids is 2. The van der Waals surface area contributed by atoms with Crippen LogP contribution < -0.4 is 5.32 Å². The number of amides is 2. The summed E-state index contributed by atoms with van der Waals surface area (Å²) in [5.41, 5.74) is -5.78. The summed E-state index contributed by atoms with van der Waals surface area (Å²) < 4.78 is 5.74. The zero-order valence-electron chi connectivity index (χ0n) is 15.7. The first kappa shape index (κ1) is 19.0. The Morgan fingerprint density at radius 3 is 2.56 bits per heavy atom. The molecule has 0 aliphatic carbocycles. The van der Waals surface area contributed by atoms with E-state index >= 15 is 0 Å². The topological polar surface area (TPSA) is 126 Å². The number of hydrogen-bond donors (Lipinski definition) is 4. The van der Waals surface area contributed by atoms with Crippen LogP contribution in [-0.4, -0.2) is 118 Å². The monoisotopic (exact) mass is 384 g/mol. The molecule has 10 heteroatoms. The predicted octanol–water partition coefficient (Wildman–Crippen LogP) is -3.26. The molecule has 5 atom stereocenters. The summed E-state index contributed by atoms with van der Waals surface area (Å²) in [5, 5.41) is 34.6. The second kappa shape index (κ2) is 6.10. The molecule has 5 aliphatic rings. The van der Waals surface area contributed by atoms with Gasteiger partial charge in [-0.25, -0.2) is 0 Å². The summed E-state index contributed by atoms with van der Waals surface area (Å²) in [6.45, 7) is 5.01. The van der Waals surface area contributed by atoms with Gasteiger partial charge in [-0.05, 0) is 20.4 Å². The van der Waals surface area contributed by atoms with Crippen LogP contribution >= 0.6 is 0 Å². The van der Waals surface area contributed by atoms with E-state index in [1.807, 2.05) is 7.05 Å². The Morgan fingerprint density at radius 2 is 1.89 bits per heavy atom. The molecule has 0 radical (unpaired) electrons. The van der Waals surface area contributed by atoms with E-state index < -0.39 is 40.9 Å². The summed E-state index contributed by atoms with van der Waals surface area (Å²) in [6, 6.07) is 0. The van der Waals surface area contributed by atoms with Crippen LogP contribution in [0.2, 0.25) is 0 Å². The third-order valence-electron chi connectivity index (χ3n) is 6.49. The van der Waals surface area contributed by atoms with E-state index in [1.165, 1.54) is 6.92 Å². The van der Waals surface area contributed by atoms with Crippen LogP contribution in [0.1, 0.15) is 13.3 Å². The summed E-state index contributed by atoms with van der Waals surface area (Å²) >= 11 is 0. The first-order valence-corrected chi connectivity index (χ1v) is 9.43. The number of likely N-dealkylation sites (N-methyl/N-ethyl adjacent to an activating group) is 1. The van der Waals surface area contributed by atoms with Crippen LogP contribution in [-0.2, 0) is 14.3 Å². The number of ether oxygens (including phenoxy) is 1. The van der Waals surface area contributed by atoms with E-state index in [2.05, 4.69) is 15.1 Å². The van der Waals surface area contributed by atoms with Crippen LogP contribution in [0.3, 0.4) is 0 Å². The molecule has 0 aromatic rings. The molecule has 5 rings (SSSR count). The fraction of sp³-hybridized carbons (Fsp3) is 0.882. The maximum absolute atomic E-state index is 13.2. The molecule has 5 heterocycles. The number of piperazine rings is 2. The van der Waals surface area contributed by atoms with Crippen LogP contribution in [0.15, 0.2) is 0 Å². The van der Waals surface area contributed by atoms with Crippen LogP contribution in [0.25, 0.3) is 0 Å². The lowest BCUT2D eigenvalue weighted by Gasteiger charge is -2.52. The summed E-state index contributed by atoms with van der Waals surface area (Å²) in [7, 11) is 2.05. The molecule has 5 aliphatic heterocycles. The van der Waals surface area contributed by atoms with E-state index in [-0.39, 0.29) is 13.2 Å². The molecular formula is C17H28N4O6. The average Bonchev–Trinajstić information content (AvgIpc) is 2.81. The van der Waals surface area contributed by atoms with Gasteiger partial charge >= 0.3 is 0 Å². The number of aliphatic hydroxyl groups excluding tert-OH is 1. The normalized spacial score (nSPS) is 46.2. The number of nitrogens with one attached hydrogen (secondary N) is 1. The summed E-state index contributed by atoms with van der Waals surface area (Å²) in [4.78, 5) is 31.4. The van der Waals surface area contributed by atoms with Crippen LogP contribution in [0.4, 0.5) is 0 Å². The summed E-state index contributed by atoms with van der Waals surface area (Å²) in [6.07, 6.45) is -1.26. The standard InChI is InChI=1S/C17H28N4O6/c1-15(25)10-21-14(24)16(26)11(9-20-6-4-19(2)5-7-20)3-8-27-17(21,12(15)22)13(23)18-16/h11-12,22,25-26H,3-10H2,1-2H3,(H,18,23)/t11-,12+,15+,16-,17+/m1/s1. The number of carbonyl (C=O) groups is 2. The maximum atomic E-state index is 13.2. The zero-order chi connectivity index (χ0) is 19.6. The Labute approximate surface area is 157 Å². The Balaban J connectivity index is 1.64. The molecular weight excluding hydrogens is 356 g/mol. The van der Waals surface area contributed by atoms with Crippen molar-refractivity contribution in [2.75, 3.05) is 52.9 Å². The van der Waals surface area contributed by atoms with Crippen molar-refractivity contribution in [2.45, 2.75) is 36.5 Å². The molecule has 5 saturated heterocycles. The minimum atomic E-state index is -2.08. The number of aliphatic hydroxyl groups is 3. The van der Waals surface area contributed by atoms with Crippen molar-refractivity contribution in [3.05, 3.63) is 0 Å². The number of hydrogen-bond acceptors (Lipinski definition) is 8. The van der Waals surface area contributed by atoms with Crippen molar-refractivity contribution in [1.82, 2.24) is 20.0 Å². The van der Waals surface area contributed by atoms with E-state index in [0.29, 0.717) is 13.0 Å². The van der Waals surface area contributed by atoms with Crippen molar-refractivity contribution in [3.63, 3.8) is 0 Å². The van der Waals surface area contributed by atoms with Gasteiger partial charge in [0.15, 0.2) is 0 Å². The SMILES string of the molecule is CN1CCN(C[C@H]2CCO[C@@]34C(=O)N[C@]2(O)C(=O)N3C[C@](C)(O)[C@@H]4O)CC1. The molecule has 2 bridgehead atoms. The average molecular weight is 384 g/mol. The zero-order valence-corrected chi connectivity index (χ0v) is 15.7. The third kappa shape index (κ3) is 2.62. The van der Waals surface area contributed by atoms with Gasteiger partial charge in [-0.3, -0.25) is 14.5 Å². The van der Waals surface area contributed by atoms with Crippen molar-refractivity contribution in [1.29, 1.82) is 0 Å². The van der Waals surface area contributed by atoms with Crippen molar-refractivity contribution in [3.8, 4) is 0 Å². The number of fused-ring (bicyclic) bond motifs is 4. The lowest BCUT2D eigenvalue weighted by molar-refractivity contribution is -0.245. The van der Waals surface area contributed by atoms with Gasteiger partial charge in [0.25, 0.3) is 17.5 Å². The molecule has 1 spiro atoms. The van der Waals surface area contributed by atoms with E-state index in [0.717, 1.165) is 31.1 Å². The van der Waals surface area contributed by atoms with Gasteiger partial charge in [-0.1, -0.05) is 0 Å². The van der Waals surface area contributed by atoms with Crippen LogP contribution in [0, 0.1) is 5.92 Å². The molecule has 0 aromatic heterocycles. The Hall–Kier alpha value is -1.30. The third-order valence-corrected chi connectivity index (χ3v) is 6.49. The quantitative estimate of drug-likeness (QED) is 0.391. The predicted molar refractivity (Wildman–Crippen MR) is 92.2 cm³/mol. The lowest BCUT2D eigenvalue weighted by atomic mass is 9.84. The van der Waals surface area contributed by atoms with Gasteiger partial charge in [-0.15, -0.1) is 0 Å². The number of nitrogens with zero attached hydrogens (tertiary/aromatic N) is 3. The largest absolute Gasteiger partial charge is 0.385 e. The van der Waals surface area contributed by atoms with E-state index in [9.17, 15) is 24.9 Å². The first-order chi connectivity index (χ1) is 12.6. The molecule has 2 amide bonds. The van der Waals surface area contributed by atoms with Gasteiger partial charge in [0.05, 0.1) is 13.2 Å². The lowest BCUT2D eigenvalue weighted by Crippen LogP contribution is -2.80. The molecule has 0 aromatic carbocycles. The minimum absolute atomic E-state index is 0.0884. The molecule has 0 unspecified atom stereocenters. The fourth-order valence-electron chi connectivity index (χ4n) is 4.71. The Bertz CT molecular complexity index is 651. The van der Waals surface area contributed by atoms with Crippen molar-refractivity contribution in [2.24, 2.45) is 5.92 Å². The molecule has 27 heavy (non-hydrogen) atoms. The molecule has 10 nitrogen and oxygen atoms in total. The Kier molecular flexibility index (Phi) is 4.30. The van der Waals surface area contributed by atoms with Gasteiger partial charge < -0.3 is 35.2 Å². The minimum Gasteiger partial charge on any atom is -0.385 e. The highest BCUT2D eigenvalue weighted by atomic mass is 16.6. The summed E-state index contributed by atoms with van der Waals surface area (Å²) in [5.74, 6) is -2.09. The first-order valence-electron chi connectivity index (χ1n) is 9.43. The number of rotatable bonds is 2. The van der Waals surface area contributed by atoms with Crippen LogP contribution in [0.5, 0.6) is 0 Å². The van der Waals surface area contributed by atoms with Gasteiger partial charge in [-0.2, -0.15) is 0 Å². The van der Waals surface area contributed by atoms with Crippen molar-refractivity contribution >= 4 is 11.8 Å². The van der Waals surface area contributed by atoms with E-state index in [4.69, 9.17) is 4.74 Å². The van der Waals surface area contributed by atoms with E-state index in [1.54, 1.807) is 0 Å². The highest BCUT2D eigenvalue weighted by Gasteiger charge is 2.73. The smallest absolute Gasteiger partial charge is 0.279 e. The molecule has 152 valence electrons. The maximum Gasteiger partial charge on any atom is 0.279 e. The highest BCUT2D eigenvalue weighted by Crippen LogP contribution is 2.44. The molecule has 4 N–H and O–H groups in total. The Morgan fingerprint density at radius 1 is 1.22 bits per heavy atom. The fourth-order valence-corrected chi connectivity index (χ4v) is 4.71. The van der Waals surface area contributed by atoms with Crippen molar-refractivity contribution < 1.29 is 29.6 Å². The van der Waals surface area contributed by atoms with Gasteiger partial charge in [0.1, 0.15) is 11.7 Å². The highest BCUT2D eigenvalue weighted by molar-refractivity contribution is 6.02. The molecule has 5 fully saturated rings.